The van der Waals surface area contributed by atoms with Crippen molar-refractivity contribution in [2.24, 2.45) is 0 Å². The minimum Gasteiger partial charge on any atom is -0.465 e. The molecule has 0 aromatic carbocycles. The Morgan fingerprint density at radius 1 is 1.33 bits per heavy atom. The van der Waals surface area contributed by atoms with Crippen molar-refractivity contribution in [3.63, 3.8) is 0 Å². The summed E-state index contributed by atoms with van der Waals surface area (Å²) in [5, 5.41) is 2.77. The molecule has 5 nitrogen and oxygen atoms in total. The summed E-state index contributed by atoms with van der Waals surface area (Å²) < 4.78 is 32.2. The minimum atomic E-state index is -3.66. The lowest BCUT2D eigenvalue weighted by Crippen LogP contribution is -2.27. The third-order valence-electron chi connectivity index (χ3n) is 3.18. The van der Waals surface area contributed by atoms with Crippen LogP contribution in [-0.2, 0) is 22.4 Å². The second-order valence-corrected chi connectivity index (χ2v) is 8.09. The number of thiazole rings is 1. The van der Waals surface area contributed by atoms with Crippen molar-refractivity contribution in [3.8, 4) is 0 Å². The molecule has 116 valence electrons. The van der Waals surface area contributed by atoms with Gasteiger partial charge in [0.1, 0.15) is 16.4 Å². The lowest BCUT2D eigenvalue weighted by molar-refractivity contribution is 0.456. The van der Waals surface area contributed by atoms with E-state index in [0.717, 1.165) is 10.7 Å². The highest BCUT2D eigenvalue weighted by atomic mass is 35.5. The van der Waals surface area contributed by atoms with Crippen molar-refractivity contribution in [2.45, 2.75) is 38.1 Å². The predicted octanol–water partition coefficient (Wildman–Crippen LogP) is 3.22. The zero-order chi connectivity index (χ0) is 15.8. The van der Waals surface area contributed by atoms with E-state index in [2.05, 4.69) is 4.98 Å². The van der Waals surface area contributed by atoms with Crippen LogP contribution in [0.5, 0.6) is 0 Å². The number of nitrogens with zero attached hydrogens (tertiary/aromatic N) is 2. The Labute approximate surface area is 133 Å². The summed E-state index contributed by atoms with van der Waals surface area (Å²) in [5.41, 5.74) is 1.25. The highest BCUT2D eigenvalue weighted by Crippen LogP contribution is 2.30. The highest BCUT2D eigenvalue weighted by Gasteiger charge is 2.30. The van der Waals surface area contributed by atoms with Crippen molar-refractivity contribution >= 4 is 33.0 Å². The predicted molar refractivity (Wildman–Crippen MR) is 83.2 cm³/mol. The fraction of sp³-hybridized carbons (Fsp3) is 0.462. The molecule has 2 heterocycles. The van der Waals surface area contributed by atoms with Gasteiger partial charge < -0.3 is 4.42 Å². The molecule has 0 amide bonds. The van der Waals surface area contributed by atoms with Gasteiger partial charge in [-0.05, 0) is 20.8 Å². The van der Waals surface area contributed by atoms with Crippen molar-refractivity contribution in [2.75, 3.05) is 7.05 Å². The molecule has 8 heteroatoms. The van der Waals surface area contributed by atoms with E-state index in [4.69, 9.17) is 16.0 Å². The van der Waals surface area contributed by atoms with Gasteiger partial charge in [0.2, 0.25) is 10.0 Å². The Kier molecular flexibility index (Phi) is 4.77. The molecule has 0 unspecified atom stereocenters. The molecule has 0 atom stereocenters. The number of halogens is 1. The van der Waals surface area contributed by atoms with Gasteiger partial charge in [-0.2, -0.15) is 4.31 Å². The number of rotatable bonds is 5. The van der Waals surface area contributed by atoms with E-state index >= 15 is 0 Å². The summed E-state index contributed by atoms with van der Waals surface area (Å²) in [6.07, 6.45) is 0. The molecule has 2 aromatic rings. The van der Waals surface area contributed by atoms with Gasteiger partial charge in [-0.3, -0.25) is 0 Å². The number of furan rings is 1. The van der Waals surface area contributed by atoms with E-state index in [1.807, 2.05) is 12.3 Å². The van der Waals surface area contributed by atoms with E-state index in [1.54, 1.807) is 13.8 Å². The first-order chi connectivity index (χ1) is 9.77. The number of aromatic nitrogens is 1. The van der Waals surface area contributed by atoms with Gasteiger partial charge in [0.05, 0.1) is 23.1 Å². The maximum atomic E-state index is 12.7. The van der Waals surface area contributed by atoms with E-state index in [9.17, 15) is 8.42 Å². The van der Waals surface area contributed by atoms with E-state index in [-0.39, 0.29) is 17.3 Å². The van der Waals surface area contributed by atoms with Crippen LogP contribution in [0.4, 0.5) is 0 Å². The van der Waals surface area contributed by atoms with Crippen molar-refractivity contribution in [1.29, 1.82) is 0 Å². The number of aryl methyl sites for hydroxylation is 3. The zero-order valence-electron chi connectivity index (χ0n) is 12.3. The first kappa shape index (κ1) is 16.5. The Hall–Kier alpha value is -0.890. The lowest BCUT2D eigenvalue weighted by atomic mass is 10.3. The smallest absolute Gasteiger partial charge is 0.246 e. The normalized spacial score (nSPS) is 12.3. The SMILES string of the molecule is Cc1nc(CN(C)S(=O)(=O)c2c(C)oc(C)c2CCl)cs1. The van der Waals surface area contributed by atoms with Crippen LogP contribution in [0.1, 0.15) is 27.8 Å². The van der Waals surface area contributed by atoms with E-state index < -0.39 is 10.0 Å². The van der Waals surface area contributed by atoms with Gasteiger partial charge in [0.15, 0.2) is 0 Å². The highest BCUT2D eigenvalue weighted by molar-refractivity contribution is 7.89. The Morgan fingerprint density at radius 3 is 2.52 bits per heavy atom. The Bertz CT molecular complexity index is 750. The van der Waals surface area contributed by atoms with Gasteiger partial charge in [-0.1, -0.05) is 0 Å². The molecule has 0 radical (unpaired) electrons. The second kappa shape index (κ2) is 6.08. The molecular formula is C13H17ClN2O3S2. The van der Waals surface area contributed by atoms with Gasteiger partial charge in [-0.25, -0.2) is 13.4 Å². The van der Waals surface area contributed by atoms with Gasteiger partial charge in [0.25, 0.3) is 0 Å². The molecule has 2 aromatic heterocycles. The molecule has 0 fully saturated rings. The lowest BCUT2D eigenvalue weighted by Gasteiger charge is -2.16. The molecule has 0 aliphatic rings. The first-order valence-electron chi connectivity index (χ1n) is 6.29. The number of sulfonamides is 1. The van der Waals surface area contributed by atoms with Crippen LogP contribution in [0.15, 0.2) is 14.7 Å². The molecule has 21 heavy (non-hydrogen) atoms. The third kappa shape index (κ3) is 3.15. The maximum absolute atomic E-state index is 12.7. The second-order valence-electron chi connectivity index (χ2n) is 4.77. The topological polar surface area (TPSA) is 63.4 Å². The Balaban J connectivity index is 2.37. The molecule has 0 saturated heterocycles. The fourth-order valence-electron chi connectivity index (χ4n) is 2.15. The van der Waals surface area contributed by atoms with Gasteiger partial charge >= 0.3 is 0 Å². The monoisotopic (exact) mass is 348 g/mol. The molecular weight excluding hydrogens is 332 g/mol. The van der Waals surface area contributed by atoms with Crippen LogP contribution in [0.25, 0.3) is 0 Å². The fourth-order valence-corrected chi connectivity index (χ4v) is 4.70. The Morgan fingerprint density at radius 2 is 2.00 bits per heavy atom. The van der Waals surface area contributed by atoms with Crippen LogP contribution in [0, 0.1) is 20.8 Å². The summed E-state index contributed by atoms with van der Waals surface area (Å²) in [4.78, 5) is 4.46. The van der Waals surface area contributed by atoms with Crippen LogP contribution < -0.4 is 0 Å². The number of hydrogen-bond donors (Lipinski definition) is 0. The average Bonchev–Trinajstić information content (AvgIpc) is 2.92. The third-order valence-corrected chi connectivity index (χ3v) is 6.27. The molecule has 2 rings (SSSR count). The summed E-state index contributed by atoms with van der Waals surface area (Å²) in [6, 6.07) is 0. The summed E-state index contributed by atoms with van der Waals surface area (Å²) in [6.45, 7) is 5.46. The van der Waals surface area contributed by atoms with Crippen molar-refractivity contribution in [3.05, 3.63) is 33.2 Å². The molecule has 0 saturated carbocycles. The molecule has 0 aliphatic heterocycles. The van der Waals surface area contributed by atoms with Gasteiger partial charge in [0, 0.05) is 18.0 Å². The first-order valence-corrected chi connectivity index (χ1v) is 9.15. The van der Waals surface area contributed by atoms with Crippen molar-refractivity contribution < 1.29 is 12.8 Å². The van der Waals surface area contributed by atoms with E-state index in [1.165, 1.54) is 22.7 Å². The maximum Gasteiger partial charge on any atom is 0.246 e. The quantitative estimate of drug-likeness (QED) is 0.778. The van der Waals surface area contributed by atoms with Gasteiger partial charge in [-0.15, -0.1) is 22.9 Å². The molecule has 0 spiro atoms. The zero-order valence-corrected chi connectivity index (χ0v) is 14.7. The van der Waals surface area contributed by atoms with Crippen LogP contribution in [0.3, 0.4) is 0 Å². The molecule has 0 N–H and O–H groups in total. The largest absolute Gasteiger partial charge is 0.465 e. The summed E-state index contributed by atoms with van der Waals surface area (Å²) in [7, 11) is -2.13. The molecule has 0 aliphatic carbocycles. The average molecular weight is 349 g/mol. The van der Waals surface area contributed by atoms with Crippen LogP contribution >= 0.6 is 22.9 Å². The van der Waals surface area contributed by atoms with Crippen LogP contribution in [0.2, 0.25) is 0 Å². The van der Waals surface area contributed by atoms with Crippen LogP contribution in [-0.4, -0.2) is 24.8 Å². The summed E-state index contributed by atoms with van der Waals surface area (Å²) >= 11 is 7.37. The minimum absolute atomic E-state index is 0.0986. The summed E-state index contributed by atoms with van der Waals surface area (Å²) in [5.74, 6) is 1.00. The standard InChI is InChI=1S/C13H17ClN2O3S2/c1-8-12(5-14)13(9(2)19-8)21(17,18)16(4)6-11-7-20-10(3)15-11/h7H,5-6H2,1-4H3. The van der Waals surface area contributed by atoms with Crippen molar-refractivity contribution in [1.82, 2.24) is 9.29 Å². The molecule has 0 bridgehead atoms. The number of alkyl halides is 1. The van der Waals surface area contributed by atoms with E-state index in [0.29, 0.717) is 17.1 Å². The number of hydrogen-bond acceptors (Lipinski definition) is 5.